The Kier molecular flexibility index (Phi) is 47.8. The van der Waals surface area contributed by atoms with Crippen molar-refractivity contribution in [2.45, 2.75) is 232 Å². The number of quaternary nitrogens is 1. The van der Waals surface area contributed by atoms with Crippen LogP contribution in [0.15, 0.2) is 72.9 Å². The summed E-state index contributed by atoms with van der Waals surface area (Å²) in [5.74, 6) is -0.327. The van der Waals surface area contributed by atoms with Crippen LogP contribution in [0.2, 0.25) is 0 Å². The lowest BCUT2D eigenvalue weighted by atomic mass is 10.0. The topological polar surface area (TPSA) is 91.3 Å². The van der Waals surface area contributed by atoms with Crippen molar-refractivity contribution in [2.24, 2.45) is 0 Å². The van der Waals surface area contributed by atoms with Gasteiger partial charge in [-0.05, 0) is 64.2 Å². The van der Waals surface area contributed by atoms with E-state index in [2.05, 4.69) is 86.8 Å². The summed E-state index contributed by atoms with van der Waals surface area (Å²) in [4.78, 5) is 23.0. The zero-order chi connectivity index (χ0) is 48.3. The van der Waals surface area contributed by atoms with Crippen molar-refractivity contribution in [3.8, 4) is 0 Å². The Morgan fingerprint density at radius 3 is 1.32 bits per heavy atom. The van der Waals surface area contributed by atoms with Crippen molar-refractivity contribution in [3.63, 3.8) is 0 Å². The third kappa shape index (κ3) is 52.9. The number of hydrogen-bond donors (Lipinski definition) is 1. The summed E-state index contributed by atoms with van der Waals surface area (Å²) in [5.41, 5.74) is 0. The second-order valence-electron chi connectivity index (χ2n) is 19.2. The van der Waals surface area contributed by atoms with Crippen LogP contribution >= 0.6 is 7.82 Å². The van der Waals surface area contributed by atoms with E-state index in [4.69, 9.17) is 18.5 Å². The zero-order valence-corrected chi connectivity index (χ0v) is 44.6. The molecule has 1 N–H and O–H groups in total. The number of esters is 1. The number of unbranched alkanes of at least 4 members (excludes halogenated alkanes) is 24. The Morgan fingerprint density at radius 1 is 0.485 bits per heavy atom. The van der Waals surface area contributed by atoms with E-state index >= 15 is 0 Å². The number of phosphoric acid groups is 1. The third-order valence-electron chi connectivity index (χ3n) is 11.5. The normalized spacial score (nSPS) is 14.1. The van der Waals surface area contributed by atoms with E-state index in [1.807, 2.05) is 21.1 Å². The van der Waals surface area contributed by atoms with Gasteiger partial charge in [-0.25, -0.2) is 4.57 Å². The van der Waals surface area contributed by atoms with Gasteiger partial charge in [-0.1, -0.05) is 228 Å². The molecule has 2 unspecified atom stereocenters. The monoisotopic (exact) mass is 947 g/mol. The minimum Gasteiger partial charge on any atom is -0.457 e. The minimum absolute atomic E-state index is 0.0835. The Balaban J connectivity index is 4.16. The molecule has 0 aromatic heterocycles. The highest BCUT2D eigenvalue weighted by atomic mass is 31.2. The second-order valence-corrected chi connectivity index (χ2v) is 20.7. The fraction of sp³-hybridized carbons (Fsp3) is 0.772. The van der Waals surface area contributed by atoms with E-state index in [-0.39, 0.29) is 25.8 Å². The lowest BCUT2D eigenvalue weighted by Crippen LogP contribution is -2.37. The number of ether oxygens (including phenoxy) is 2. The van der Waals surface area contributed by atoms with Gasteiger partial charge in [-0.3, -0.25) is 13.8 Å². The van der Waals surface area contributed by atoms with Gasteiger partial charge in [0.2, 0.25) is 0 Å². The molecule has 0 saturated carbocycles. The van der Waals surface area contributed by atoms with Crippen LogP contribution in [-0.4, -0.2) is 75.6 Å². The highest BCUT2D eigenvalue weighted by Gasteiger charge is 2.26. The van der Waals surface area contributed by atoms with Crippen LogP contribution in [0, 0.1) is 0 Å². The molecule has 0 aliphatic carbocycles. The average molecular weight is 947 g/mol. The average Bonchev–Trinajstić information content (AvgIpc) is 3.28. The van der Waals surface area contributed by atoms with Crippen molar-refractivity contribution < 1.29 is 37.3 Å². The Bertz CT molecular complexity index is 1280. The van der Waals surface area contributed by atoms with Crippen LogP contribution in [0.3, 0.4) is 0 Å². The van der Waals surface area contributed by atoms with Gasteiger partial charge in [0.1, 0.15) is 19.3 Å². The molecule has 2 atom stereocenters. The molecule has 0 bridgehead atoms. The molecular formula is C57H105NO7P+. The van der Waals surface area contributed by atoms with Gasteiger partial charge in [0.25, 0.3) is 0 Å². The first-order valence-electron chi connectivity index (χ1n) is 27.2. The number of phosphoric ester groups is 1. The predicted molar refractivity (Wildman–Crippen MR) is 284 cm³/mol. The van der Waals surface area contributed by atoms with Gasteiger partial charge < -0.3 is 18.9 Å². The van der Waals surface area contributed by atoms with Gasteiger partial charge in [-0.15, -0.1) is 0 Å². The maximum absolute atomic E-state index is 12.8. The maximum atomic E-state index is 12.8. The van der Waals surface area contributed by atoms with E-state index in [1.54, 1.807) is 0 Å². The lowest BCUT2D eigenvalue weighted by Gasteiger charge is -2.24. The van der Waals surface area contributed by atoms with E-state index in [9.17, 15) is 14.3 Å². The van der Waals surface area contributed by atoms with Crippen molar-refractivity contribution >= 4 is 13.8 Å². The molecule has 0 radical (unpaired) electrons. The smallest absolute Gasteiger partial charge is 0.457 e. The summed E-state index contributed by atoms with van der Waals surface area (Å²) in [7, 11) is 1.66. The molecule has 0 heterocycles. The number of nitrogens with zero attached hydrogens (tertiary/aromatic N) is 1. The van der Waals surface area contributed by atoms with Gasteiger partial charge in [0.05, 0.1) is 34.4 Å². The number of carbonyl (C=O) groups is 1. The summed E-state index contributed by atoms with van der Waals surface area (Å²) < 4.78 is 35.2. The van der Waals surface area contributed by atoms with Crippen LogP contribution in [0.25, 0.3) is 0 Å². The summed E-state index contributed by atoms with van der Waals surface area (Å²) in [6, 6.07) is 0. The largest absolute Gasteiger partial charge is 0.472 e. The summed E-state index contributed by atoms with van der Waals surface area (Å²) in [5, 5.41) is 0. The fourth-order valence-corrected chi connectivity index (χ4v) is 8.12. The van der Waals surface area contributed by atoms with Crippen LogP contribution in [0.1, 0.15) is 226 Å². The fourth-order valence-electron chi connectivity index (χ4n) is 7.38. The van der Waals surface area contributed by atoms with Gasteiger partial charge in [-0.2, -0.15) is 0 Å². The first kappa shape index (κ1) is 63.9. The first-order chi connectivity index (χ1) is 32.1. The number of rotatable bonds is 50. The molecule has 0 aliphatic rings. The molecule has 384 valence electrons. The van der Waals surface area contributed by atoms with Gasteiger partial charge in [0.15, 0.2) is 0 Å². The first-order valence-corrected chi connectivity index (χ1v) is 28.7. The zero-order valence-electron chi connectivity index (χ0n) is 43.7. The van der Waals surface area contributed by atoms with Crippen LogP contribution in [0.4, 0.5) is 0 Å². The quantitative estimate of drug-likeness (QED) is 0.0214. The molecule has 0 aromatic rings. The van der Waals surface area contributed by atoms with Gasteiger partial charge >= 0.3 is 13.8 Å². The lowest BCUT2D eigenvalue weighted by molar-refractivity contribution is -0.870. The van der Waals surface area contributed by atoms with Crippen LogP contribution in [-0.2, 0) is 27.9 Å². The summed E-state index contributed by atoms with van der Waals surface area (Å²) in [6.07, 6.45) is 65.2. The van der Waals surface area contributed by atoms with Crippen molar-refractivity contribution in [1.29, 1.82) is 0 Å². The van der Waals surface area contributed by atoms with E-state index in [1.165, 1.54) is 122 Å². The number of allylic oxidation sites excluding steroid dienone is 12. The third-order valence-corrected chi connectivity index (χ3v) is 12.5. The highest BCUT2D eigenvalue weighted by Crippen LogP contribution is 2.43. The van der Waals surface area contributed by atoms with Crippen LogP contribution < -0.4 is 0 Å². The number of likely N-dealkylation sites (N-methyl/N-ethyl adjacent to an activating group) is 1. The molecule has 0 saturated heterocycles. The van der Waals surface area contributed by atoms with Crippen molar-refractivity contribution in [2.75, 3.05) is 54.1 Å². The molecule has 0 aromatic carbocycles. The van der Waals surface area contributed by atoms with E-state index < -0.39 is 13.9 Å². The SMILES string of the molecule is CC/C=C\C/C=C\C/C=C\C/C=C\C/C=C\C/C=C\CCCCCCCCC(=O)OC(COCCCCCCCCCCCCCCCCCCCCC)COP(=O)(O)OCC[N+](C)(C)C. The molecule has 66 heavy (non-hydrogen) atoms. The second kappa shape index (κ2) is 49.4. The summed E-state index contributed by atoms with van der Waals surface area (Å²) >= 11 is 0. The molecule has 8 nitrogen and oxygen atoms in total. The standard InChI is InChI=1S/C57H104NO7P/c1-6-8-10-12-14-16-18-20-22-24-26-27-28-29-30-31-32-34-36-38-40-42-44-46-48-50-57(59)65-56(55-64-66(60,61)63-53-51-58(3,4)5)54-62-52-49-47-45-43-41-39-37-35-33-25-23-21-19-17-15-13-11-9-7-2/h8,10,14,16,20,22,26-27,29-30,32,34,56H,6-7,9,11-13,15,17-19,21,23-25,28,31,33,35-55H2,1-5H3/p+1/b10-8-,16-14-,22-20-,27-26-,30-29-,34-32-. The Hall–Kier alpha value is -2.06. The maximum Gasteiger partial charge on any atom is 0.472 e. The van der Waals surface area contributed by atoms with Crippen molar-refractivity contribution in [3.05, 3.63) is 72.9 Å². The number of hydrogen-bond acceptors (Lipinski definition) is 6. The predicted octanol–water partition coefficient (Wildman–Crippen LogP) is 17.0. The minimum atomic E-state index is -4.29. The van der Waals surface area contributed by atoms with Crippen LogP contribution in [0.5, 0.6) is 0 Å². The Morgan fingerprint density at radius 2 is 0.879 bits per heavy atom. The molecule has 0 rings (SSSR count). The van der Waals surface area contributed by atoms with E-state index in [0.29, 0.717) is 24.1 Å². The molecule has 0 fully saturated rings. The van der Waals surface area contributed by atoms with Gasteiger partial charge in [0, 0.05) is 13.0 Å². The molecule has 0 aliphatic heterocycles. The Labute approximate surface area is 408 Å². The van der Waals surface area contributed by atoms with E-state index in [0.717, 1.165) is 83.5 Å². The molecular weight excluding hydrogens is 842 g/mol. The van der Waals surface area contributed by atoms with Crippen molar-refractivity contribution in [1.82, 2.24) is 0 Å². The summed E-state index contributed by atoms with van der Waals surface area (Å²) in [6.45, 7) is 5.52. The number of carbonyl (C=O) groups excluding carboxylic acids is 1. The molecule has 9 heteroatoms. The molecule has 0 amide bonds. The highest BCUT2D eigenvalue weighted by molar-refractivity contribution is 7.47. The molecule has 0 spiro atoms.